The van der Waals surface area contributed by atoms with Crippen molar-refractivity contribution in [2.75, 3.05) is 25.9 Å². The fraction of sp³-hybridized carbons (Fsp3) is 0.529. The standard InChI is InChI=1S/C17H22N2O3S/c1-17(2,3)22-16(21)18-8-9-19-12(10-18)11-6-5-7-13(23-4)14(11)15(19)20/h5-7,12H,8-10H2,1-4H3. The van der Waals surface area contributed by atoms with Crippen LogP contribution in [0.25, 0.3) is 0 Å². The van der Waals surface area contributed by atoms with Gasteiger partial charge in [0.25, 0.3) is 5.91 Å². The van der Waals surface area contributed by atoms with Crippen molar-refractivity contribution in [3.63, 3.8) is 0 Å². The van der Waals surface area contributed by atoms with Gasteiger partial charge in [-0.1, -0.05) is 12.1 Å². The lowest BCUT2D eigenvalue weighted by molar-refractivity contribution is 0.00656. The topological polar surface area (TPSA) is 49.9 Å². The van der Waals surface area contributed by atoms with Gasteiger partial charge in [0, 0.05) is 24.5 Å². The fourth-order valence-electron chi connectivity index (χ4n) is 3.15. The summed E-state index contributed by atoms with van der Waals surface area (Å²) < 4.78 is 5.46. The molecule has 2 heterocycles. The van der Waals surface area contributed by atoms with E-state index < -0.39 is 5.60 Å². The molecule has 0 radical (unpaired) electrons. The van der Waals surface area contributed by atoms with E-state index in [0.717, 1.165) is 16.0 Å². The molecule has 6 heteroatoms. The largest absolute Gasteiger partial charge is 0.444 e. The maximum Gasteiger partial charge on any atom is 0.410 e. The van der Waals surface area contributed by atoms with E-state index in [-0.39, 0.29) is 18.0 Å². The lowest BCUT2D eigenvalue weighted by atomic mass is 10.0. The molecule has 1 fully saturated rings. The molecular weight excluding hydrogens is 312 g/mol. The maximum atomic E-state index is 12.7. The molecule has 2 aliphatic rings. The average Bonchev–Trinajstić information content (AvgIpc) is 2.78. The lowest BCUT2D eigenvalue weighted by Crippen LogP contribution is -2.50. The summed E-state index contributed by atoms with van der Waals surface area (Å²) in [5, 5.41) is 0. The fourth-order valence-corrected chi connectivity index (χ4v) is 3.78. The van der Waals surface area contributed by atoms with Crippen molar-refractivity contribution in [1.29, 1.82) is 0 Å². The van der Waals surface area contributed by atoms with E-state index in [4.69, 9.17) is 4.74 Å². The van der Waals surface area contributed by atoms with Gasteiger partial charge in [0.1, 0.15) is 5.60 Å². The van der Waals surface area contributed by atoms with Crippen LogP contribution in [0.2, 0.25) is 0 Å². The molecule has 2 aliphatic heterocycles. The smallest absolute Gasteiger partial charge is 0.410 e. The van der Waals surface area contributed by atoms with E-state index in [1.165, 1.54) is 0 Å². The van der Waals surface area contributed by atoms with Crippen molar-refractivity contribution in [3.8, 4) is 0 Å². The van der Waals surface area contributed by atoms with E-state index >= 15 is 0 Å². The van der Waals surface area contributed by atoms with Gasteiger partial charge in [0.05, 0.1) is 11.6 Å². The van der Waals surface area contributed by atoms with Gasteiger partial charge >= 0.3 is 6.09 Å². The summed E-state index contributed by atoms with van der Waals surface area (Å²) in [4.78, 5) is 29.6. The Morgan fingerprint density at radius 2 is 2.04 bits per heavy atom. The number of piperazine rings is 1. The van der Waals surface area contributed by atoms with Crippen LogP contribution in [-0.4, -0.2) is 53.3 Å². The normalized spacial score (nSPS) is 20.3. The lowest BCUT2D eigenvalue weighted by Gasteiger charge is -2.38. The Morgan fingerprint density at radius 3 is 2.70 bits per heavy atom. The zero-order valence-electron chi connectivity index (χ0n) is 14.0. The molecule has 0 aliphatic carbocycles. The molecule has 0 N–H and O–H groups in total. The Bertz CT molecular complexity index is 654. The number of carbonyl (C=O) groups excluding carboxylic acids is 2. The summed E-state index contributed by atoms with van der Waals surface area (Å²) in [6.07, 6.45) is 1.67. The highest BCUT2D eigenvalue weighted by Crippen LogP contribution is 2.40. The number of nitrogens with zero attached hydrogens (tertiary/aromatic N) is 2. The van der Waals surface area contributed by atoms with Crippen LogP contribution in [0.4, 0.5) is 4.79 Å². The molecule has 124 valence electrons. The van der Waals surface area contributed by atoms with E-state index in [9.17, 15) is 9.59 Å². The van der Waals surface area contributed by atoms with Crippen molar-refractivity contribution >= 4 is 23.8 Å². The van der Waals surface area contributed by atoms with Crippen LogP contribution in [0, 0.1) is 0 Å². The summed E-state index contributed by atoms with van der Waals surface area (Å²) in [6, 6.07) is 5.89. The number of hydrogen-bond donors (Lipinski definition) is 0. The van der Waals surface area contributed by atoms with Gasteiger partial charge in [-0.2, -0.15) is 0 Å². The molecule has 1 saturated heterocycles. The van der Waals surface area contributed by atoms with Crippen LogP contribution in [0.5, 0.6) is 0 Å². The predicted octanol–water partition coefficient (Wildman–Crippen LogP) is 3.16. The molecule has 0 bridgehead atoms. The third kappa shape index (κ3) is 2.92. The zero-order valence-corrected chi connectivity index (χ0v) is 14.8. The Balaban J connectivity index is 1.85. The Hall–Kier alpha value is -1.69. The summed E-state index contributed by atoms with van der Waals surface area (Å²) >= 11 is 1.59. The van der Waals surface area contributed by atoms with Gasteiger partial charge < -0.3 is 14.5 Å². The molecule has 1 atom stereocenters. The Kier molecular flexibility index (Phi) is 4.04. The first kappa shape index (κ1) is 16.2. The van der Waals surface area contributed by atoms with Gasteiger partial charge in [-0.05, 0) is 38.7 Å². The molecular formula is C17H22N2O3S. The molecule has 2 amide bonds. The summed E-state index contributed by atoms with van der Waals surface area (Å²) in [6.45, 7) is 7.14. The van der Waals surface area contributed by atoms with Crippen molar-refractivity contribution in [3.05, 3.63) is 29.3 Å². The van der Waals surface area contributed by atoms with Crippen LogP contribution in [0.3, 0.4) is 0 Å². The second-order valence-electron chi connectivity index (χ2n) is 6.87. The minimum atomic E-state index is -0.510. The highest BCUT2D eigenvalue weighted by molar-refractivity contribution is 7.98. The van der Waals surface area contributed by atoms with Crippen LogP contribution in [-0.2, 0) is 4.74 Å². The molecule has 0 aromatic heterocycles. The third-order valence-electron chi connectivity index (χ3n) is 4.14. The number of benzene rings is 1. The van der Waals surface area contributed by atoms with Gasteiger partial charge in [0.15, 0.2) is 0 Å². The summed E-state index contributed by atoms with van der Waals surface area (Å²) in [7, 11) is 0. The van der Waals surface area contributed by atoms with Crippen molar-refractivity contribution < 1.29 is 14.3 Å². The molecule has 1 unspecified atom stereocenters. The molecule has 5 nitrogen and oxygen atoms in total. The first-order chi connectivity index (χ1) is 10.8. The minimum absolute atomic E-state index is 0.0640. The quantitative estimate of drug-likeness (QED) is 0.740. The van der Waals surface area contributed by atoms with Crippen molar-refractivity contribution in [2.24, 2.45) is 0 Å². The Labute approximate surface area is 141 Å². The maximum absolute atomic E-state index is 12.7. The van der Waals surface area contributed by atoms with Crippen molar-refractivity contribution in [2.45, 2.75) is 37.3 Å². The SMILES string of the molecule is CSc1cccc2c1C(=O)N1CCN(C(=O)OC(C)(C)C)CC21. The van der Waals surface area contributed by atoms with Gasteiger partial charge in [-0.15, -0.1) is 11.8 Å². The Morgan fingerprint density at radius 1 is 1.30 bits per heavy atom. The van der Waals surface area contributed by atoms with Crippen molar-refractivity contribution in [1.82, 2.24) is 9.80 Å². The first-order valence-electron chi connectivity index (χ1n) is 7.77. The van der Waals surface area contributed by atoms with Gasteiger partial charge in [-0.25, -0.2) is 4.79 Å². The highest BCUT2D eigenvalue weighted by atomic mass is 32.2. The number of ether oxygens (including phenoxy) is 1. The molecule has 1 aromatic carbocycles. The van der Waals surface area contributed by atoms with Crippen LogP contribution >= 0.6 is 11.8 Å². The first-order valence-corrected chi connectivity index (χ1v) is 9.00. The number of carbonyl (C=O) groups is 2. The minimum Gasteiger partial charge on any atom is -0.444 e. The molecule has 0 saturated carbocycles. The number of amides is 2. The van der Waals surface area contributed by atoms with Crippen LogP contribution in [0.1, 0.15) is 42.7 Å². The van der Waals surface area contributed by atoms with E-state index in [2.05, 4.69) is 0 Å². The second-order valence-corrected chi connectivity index (χ2v) is 7.71. The van der Waals surface area contributed by atoms with E-state index in [1.54, 1.807) is 16.7 Å². The van der Waals surface area contributed by atoms with Gasteiger partial charge in [-0.3, -0.25) is 4.79 Å². The van der Waals surface area contributed by atoms with Crippen LogP contribution in [0.15, 0.2) is 23.1 Å². The number of hydrogen-bond acceptors (Lipinski definition) is 4. The van der Waals surface area contributed by atoms with Gasteiger partial charge in [0.2, 0.25) is 0 Å². The van der Waals surface area contributed by atoms with E-state index in [1.807, 2.05) is 50.1 Å². The number of rotatable bonds is 1. The molecule has 23 heavy (non-hydrogen) atoms. The second kappa shape index (κ2) is 5.74. The molecule has 1 aromatic rings. The summed E-state index contributed by atoms with van der Waals surface area (Å²) in [5.41, 5.74) is 1.31. The van der Waals surface area contributed by atoms with E-state index in [0.29, 0.717) is 19.6 Å². The highest BCUT2D eigenvalue weighted by Gasteiger charge is 2.43. The molecule has 0 spiro atoms. The monoisotopic (exact) mass is 334 g/mol. The predicted molar refractivity (Wildman–Crippen MR) is 89.8 cm³/mol. The number of thioether (sulfide) groups is 1. The number of fused-ring (bicyclic) bond motifs is 3. The third-order valence-corrected chi connectivity index (χ3v) is 4.92. The zero-order chi connectivity index (χ0) is 16.8. The van der Waals surface area contributed by atoms with Crippen LogP contribution < -0.4 is 0 Å². The molecule has 3 rings (SSSR count). The average molecular weight is 334 g/mol. The summed E-state index contributed by atoms with van der Waals surface area (Å²) in [5.74, 6) is 0.0822.